The van der Waals surface area contributed by atoms with Crippen molar-refractivity contribution in [2.45, 2.75) is 11.8 Å². The van der Waals surface area contributed by atoms with E-state index in [1.807, 2.05) is 38.1 Å². The molecule has 0 heterocycles. The van der Waals surface area contributed by atoms with Crippen LogP contribution >= 0.6 is 15.9 Å². The van der Waals surface area contributed by atoms with Crippen LogP contribution in [0, 0.1) is 6.92 Å². The van der Waals surface area contributed by atoms with E-state index in [4.69, 9.17) is 0 Å². The number of carbonyl (C=O) groups excluding carboxylic acids is 1. The van der Waals surface area contributed by atoms with Crippen molar-refractivity contribution in [2.24, 2.45) is 0 Å². The maximum atomic E-state index is 12.5. The predicted molar refractivity (Wildman–Crippen MR) is 108 cm³/mol. The van der Waals surface area contributed by atoms with Gasteiger partial charge in [-0.3, -0.25) is 4.79 Å². The Morgan fingerprint density at radius 3 is 2.23 bits per heavy atom. The van der Waals surface area contributed by atoms with Crippen molar-refractivity contribution in [2.75, 3.05) is 37.9 Å². The standard InChI is InChI=1S/C18H22BrN3O3S/c1-13-11-15(7-10-17(13)21(2)3)20-18(23)12-22(4)26(24,25)16-8-5-14(19)6-9-16/h5-11H,12H2,1-4H3,(H,20,23). The normalized spacial score (nSPS) is 11.5. The van der Waals surface area contributed by atoms with E-state index >= 15 is 0 Å². The Morgan fingerprint density at radius 2 is 1.69 bits per heavy atom. The molecule has 0 aliphatic carbocycles. The number of nitrogens with one attached hydrogen (secondary N) is 1. The van der Waals surface area contributed by atoms with E-state index < -0.39 is 15.9 Å². The van der Waals surface area contributed by atoms with Crippen molar-refractivity contribution in [3.8, 4) is 0 Å². The molecular formula is C18H22BrN3O3S. The molecule has 140 valence electrons. The summed E-state index contributed by atoms with van der Waals surface area (Å²) in [6.07, 6.45) is 0. The molecule has 0 bridgehead atoms. The number of aryl methyl sites for hydroxylation is 1. The van der Waals surface area contributed by atoms with Crippen LogP contribution in [0.25, 0.3) is 0 Å². The summed E-state index contributed by atoms with van der Waals surface area (Å²) in [5.41, 5.74) is 2.70. The van der Waals surface area contributed by atoms with Crippen LogP contribution in [0.15, 0.2) is 51.8 Å². The first-order valence-electron chi connectivity index (χ1n) is 7.91. The Bertz CT molecular complexity index is 896. The van der Waals surface area contributed by atoms with Gasteiger partial charge in [-0.25, -0.2) is 8.42 Å². The number of hydrogen-bond donors (Lipinski definition) is 1. The summed E-state index contributed by atoms with van der Waals surface area (Å²) >= 11 is 3.27. The van der Waals surface area contributed by atoms with Gasteiger partial charge in [0.05, 0.1) is 11.4 Å². The van der Waals surface area contributed by atoms with Gasteiger partial charge in [-0.1, -0.05) is 15.9 Å². The van der Waals surface area contributed by atoms with Crippen molar-refractivity contribution >= 4 is 43.2 Å². The largest absolute Gasteiger partial charge is 0.377 e. The second kappa shape index (κ2) is 8.20. The first-order chi connectivity index (χ1) is 12.1. The molecule has 0 fully saturated rings. The van der Waals surface area contributed by atoms with E-state index in [0.29, 0.717) is 5.69 Å². The van der Waals surface area contributed by atoms with Gasteiger partial charge in [0, 0.05) is 37.0 Å². The van der Waals surface area contributed by atoms with Gasteiger partial charge in [-0.05, 0) is 55.0 Å². The van der Waals surface area contributed by atoms with Gasteiger partial charge in [0.1, 0.15) is 0 Å². The maximum Gasteiger partial charge on any atom is 0.243 e. The van der Waals surface area contributed by atoms with E-state index in [-0.39, 0.29) is 11.4 Å². The maximum absolute atomic E-state index is 12.5. The van der Waals surface area contributed by atoms with Crippen LogP contribution in [-0.2, 0) is 14.8 Å². The highest BCUT2D eigenvalue weighted by Gasteiger charge is 2.23. The molecule has 2 aromatic carbocycles. The summed E-state index contributed by atoms with van der Waals surface area (Å²) < 4.78 is 26.9. The Balaban J connectivity index is 2.07. The van der Waals surface area contributed by atoms with Gasteiger partial charge in [0.25, 0.3) is 0 Å². The van der Waals surface area contributed by atoms with Crippen LogP contribution in [0.3, 0.4) is 0 Å². The lowest BCUT2D eigenvalue weighted by Gasteiger charge is -2.18. The monoisotopic (exact) mass is 439 g/mol. The van der Waals surface area contributed by atoms with E-state index in [1.54, 1.807) is 18.2 Å². The van der Waals surface area contributed by atoms with E-state index in [0.717, 1.165) is 20.0 Å². The topological polar surface area (TPSA) is 69.7 Å². The lowest BCUT2D eigenvalue weighted by molar-refractivity contribution is -0.116. The zero-order valence-corrected chi connectivity index (χ0v) is 17.6. The van der Waals surface area contributed by atoms with Gasteiger partial charge >= 0.3 is 0 Å². The van der Waals surface area contributed by atoms with Crippen LogP contribution in [0.5, 0.6) is 0 Å². The molecular weight excluding hydrogens is 418 g/mol. The molecule has 0 aromatic heterocycles. The molecule has 0 saturated carbocycles. The lowest BCUT2D eigenvalue weighted by Crippen LogP contribution is -2.35. The number of rotatable bonds is 6. The number of likely N-dealkylation sites (N-methyl/N-ethyl adjacent to an activating group) is 1. The fraction of sp³-hybridized carbons (Fsp3) is 0.278. The van der Waals surface area contributed by atoms with Crippen molar-refractivity contribution in [3.63, 3.8) is 0 Å². The summed E-state index contributed by atoms with van der Waals surface area (Å²) in [7, 11) is 1.56. The second-order valence-corrected chi connectivity index (χ2v) is 9.12. The fourth-order valence-electron chi connectivity index (χ4n) is 2.51. The average molecular weight is 440 g/mol. The minimum atomic E-state index is -3.72. The summed E-state index contributed by atoms with van der Waals surface area (Å²) in [6.45, 7) is 1.68. The molecule has 6 nitrogen and oxygen atoms in total. The fourth-order valence-corrected chi connectivity index (χ4v) is 3.90. The zero-order chi connectivity index (χ0) is 19.5. The molecule has 0 radical (unpaired) electrons. The van der Waals surface area contributed by atoms with Gasteiger partial charge in [0.2, 0.25) is 15.9 Å². The molecule has 26 heavy (non-hydrogen) atoms. The number of amides is 1. The smallest absolute Gasteiger partial charge is 0.243 e. The lowest BCUT2D eigenvalue weighted by atomic mass is 10.1. The van der Waals surface area contributed by atoms with Gasteiger partial charge in [0.15, 0.2) is 0 Å². The molecule has 0 aliphatic heterocycles. The Morgan fingerprint density at radius 1 is 1.08 bits per heavy atom. The molecule has 0 unspecified atom stereocenters. The molecule has 8 heteroatoms. The third kappa shape index (κ3) is 4.84. The molecule has 1 N–H and O–H groups in total. The van der Waals surface area contributed by atoms with Crippen LogP contribution in [0.2, 0.25) is 0 Å². The first kappa shape index (κ1) is 20.4. The molecule has 0 spiro atoms. The van der Waals surface area contributed by atoms with Crippen molar-refractivity contribution in [3.05, 3.63) is 52.5 Å². The third-order valence-corrected chi connectivity index (χ3v) is 6.20. The Kier molecular flexibility index (Phi) is 6.44. The second-order valence-electron chi connectivity index (χ2n) is 6.16. The molecule has 0 saturated heterocycles. The summed E-state index contributed by atoms with van der Waals surface area (Å²) in [5.74, 6) is -0.398. The first-order valence-corrected chi connectivity index (χ1v) is 10.1. The molecule has 0 atom stereocenters. The highest BCUT2D eigenvalue weighted by molar-refractivity contribution is 9.10. The SMILES string of the molecule is Cc1cc(NC(=O)CN(C)S(=O)(=O)c2ccc(Br)cc2)ccc1N(C)C. The van der Waals surface area contributed by atoms with Crippen molar-refractivity contribution in [1.29, 1.82) is 0 Å². The third-order valence-electron chi connectivity index (χ3n) is 3.85. The van der Waals surface area contributed by atoms with Crippen LogP contribution in [0.1, 0.15) is 5.56 Å². The number of carbonyl (C=O) groups is 1. The molecule has 0 aliphatic rings. The number of benzene rings is 2. The Labute approximate surface area is 163 Å². The van der Waals surface area contributed by atoms with Gasteiger partial charge in [-0.2, -0.15) is 4.31 Å². The number of sulfonamides is 1. The average Bonchev–Trinajstić information content (AvgIpc) is 2.54. The quantitative estimate of drug-likeness (QED) is 0.750. The van der Waals surface area contributed by atoms with E-state index in [9.17, 15) is 13.2 Å². The number of halogens is 1. The van der Waals surface area contributed by atoms with Crippen molar-refractivity contribution in [1.82, 2.24) is 4.31 Å². The highest BCUT2D eigenvalue weighted by atomic mass is 79.9. The van der Waals surface area contributed by atoms with Gasteiger partial charge < -0.3 is 10.2 Å². The van der Waals surface area contributed by atoms with Crippen LogP contribution in [0.4, 0.5) is 11.4 Å². The van der Waals surface area contributed by atoms with Gasteiger partial charge in [-0.15, -0.1) is 0 Å². The number of hydrogen-bond acceptors (Lipinski definition) is 4. The Hall–Kier alpha value is -1.90. The molecule has 2 rings (SSSR count). The van der Waals surface area contributed by atoms with E-state index in [1.165, 1.54) is 19.2 Å². The summed E-state index contributed by atoms with van der Waals surface area (Å²) in [5, 5.41) is 2.74. The highest BCUT2D eigenvalue weighted by Crippen LogP contribution is 2.22. The van der Waals surface area contributed by atoms with Crippen LogP contribution in [-0.4, -0.2) is 46.3 Å². The van der Waals surface area contributed by atoms with E-state index in [2.05, 4.69) is 21.2 Å². The zero-order valence-electron chi connectivity index (χ0n) is 15.2. The summed E-state index contributed by atoms with van der Waals surface area (Å²) in [4.78, 5) is 14.4. The minimum Gasteiger partial charge on any atom is -0.377 e. The molecule has 1 amide bonds. The predicted octanol–water partition coefficient (Wildman–Crippen LogP) is 3.08. The van der Waals surface area contributed by atoms with Crippen molar-refractivity contribution < 1.29 is 13.2 Å². The van der Waals surface area contributed by atoms with Crippen LogP contribution < -0.4 is 10.2 Å². The summed E-state index contributed by atoms with van der Waals surface area (Å²) in [6, 6.07) is 11.9. The number of anilines is 2. The molecule has 2 aromatic rings. The number of nitrogens with zero attached hydrogens (tertiary/aromatic N) is 2. The minimum absolute atomic E-state index is 0.141.